The van der Waals surface area contributed by atoms with Crippen LogP contribution in [0.3, 0.4) is 0 Å². The van der Waals surface area contributed by atoms with E-state index in [0.717, 1.165) is 5.56 Å². The van der Waals surface area contributed by atoms with Gasteiger partial charge in [-0.15, -0.1) is 0 Å². The first-order chi connectivity index (χ1) is 8.62. The van der Waals surface area contributed by atoms with Gasteiger partial charge in [0.25, 0.3) is 0 Å². The van der Waals surface area contributed by atoms with Gasteiger partial charge in [0.1, 0.15) is 0 Å². The molecule has 1 aromatic rings. The van der Waals surface area contributed by atoms with Gasteiger partial charge in [-0.2, -0.15) is 0 Å². The molecule has 1 unspecified atom stereocenters. The van der Waals surface area contributed by atoms with E-state index >= 15 is 0 Å². The smallest absolute Gasteiger partial charge is 0.335 e. The maximum atomic E-state index is 11.3. The number of hydrogen-bond donors (Lipinski definition) is 2. The predicted octanol–water partition coefficient (Wildman–Crippen LogP) is 0.512. The second kappa shape index (κ2) is 6.61. The van der Waals surface area contributed by atoms with Gasteiger partial charge in [-0.3, -0.25) is 0 Å². The SMILES string of the molecule is COC(=O)C(Cc1ccc(C(N)=NO)cc1)OC. The van der Waals surface area contributed by atoms with Crippen molar-refractivity contribution in [3.05, 3.63) is 35.4 Å². The third kappa shape index (κ3) is 3.46. The Balaban J connectivity index is 2.77. The van der Waals surface area contributed by atoms with Crippen molar-refractivity contribution in [1.29, 1.82) is 0 Å². The predicted molar refractivity (Wildman–Crippen MR) is 65.5 cm³/mol. The maximum absolute atomic E-state index is 11.3. The summed E-state index contributed by atoms with van der Waals surface area (Å²) in [6.45, 7) is 0. The molecule has 0 amide bonds. The van der Waals surface area contributed by atoms with Gasteiger partial charge in [-0.1, -0.05) is 29.4 Å². The van der Waals surface area contributed by atoms with E-state index < -0.39 is 12.1 Å². The zero-order valence-corrected chi connectivity index (χ0v) is 10.3. The number of methoxy groups -OCH3 is 2. The van der Waals surface area contributed by atoms with Crippen LogP contribution in [0.1, 0.15) is 11.1 Å². The van der Waals surface area contributed by atoms with Crippen LogP contribution in [0.15, 0.2) is 29.4 Å². The Labute approximate surface area is 105 Å². The molecule has 1 atom stereocenters. The topological polar surface area (TPSA) is 94.1 Å². The summed E-state index contributed by atoms with van der Waals surface area (Å²) in [4.78, 5) is 11.3. The fourth-order valence-electron chi connectivity index (χ4n) is 1.48. The van der Waals surface area contributed by atoms with Gasteiger partial charge in [0, 0.05) is 19.1 Å². The molecule has 1 rings (SSSR count). The monoisotopic (exact) mass is 252 g/mol. The highest BCUT2D eigenvalue weighted by atomic mass is 16.6. The second-order valence-corrected chi connectivity index (χ2v) is 3.63. The Morgan fingerprint density at radius 3 is 2.44 bits per heavy atom. The summed E-state index contributed by atoms with van der Waals surface area (Å²) in [7, 11) is 2.77. The lowest BCUT2D eigenvalue weighted by Crippen LogP contribution is -2.26. The minimum atomic E-state index is -0.635. The largest absolute Gasteiger partial charge is 0.467 e. The molecular formula is C12H16N2O4. The number of benzene rings is 1. The van der Waals surface area contributed by atoms with Gasteiger partial charge < -0.3 is 20.4 Å². The fourth-order valence-corrected chi connectivity index (χ4v) is 1.48. The molecule has 98 valence electrons. The first-order valence-electron chi connectivity index (χ1n) is 5.29. The summed E-state index contributed by atoms with van der Waals surface area (Å²) in [5, 5.41) is 11.4. The zero-order valence-electron chi connectivity index (χ0n) is 10.3. The van der Waals surface area contributed by atoms with Gasteiger partial charge in [0.15, 0.2) is 11.9 Å². The molecule has 6 nitrogen and oxygen atoms in total. The van der Waals surface area contributed by atoms with E-state index in [1.165, 1.54) is 14.2 Å². The Morgan fingerprint density at radius 2 is 2.00 bits per heavy atom. The van der Waals surface area contributed by atoms with Crippen LogP contribution in [-0.2, 0) is 20.7 Å². The number of amidine groups is 1. The van der Waals surface area contributed by atoms with Crippen LogP contribution in [0.2, 0.25) is 0 Å². The van der Waals surface area contributed by atoms with Crippen LogP contribution in [0.5, 0.6) is 0 Å². The number of oxime groups is 1. The number of hydrogen-bond acceptors (Lipinski definition) is 5. The van der Waals surface area contributed by atoms with E-state index in [1.54, 1.807) is 24.3 Å². The Bertz CT molecular complexity index is 428. The first-order valence-corrected chi connectivity index (χ1v) is 5.29. The normalized spacial score (nSPS) is 13.1. The lowest BCUT2D eigenvalue weighted by molar-refractivity contribution is -0.152. The first kappa shape index (κ1) is 14.0. The van der Waals surface area contributed by atoms with Gasteiger partial charge in [-0.25, -0.2) is 4.79 Å². The van der Waals surface area contributed by atoms with Crippen LogP contribution in [0, 0.1) is 0 Å². The highest BCUT2D eigenvalue weighted by Gasteiger charge is 2.18. The molecule has 18 heavy (non-hydrogen) atoms. The van der Waals surface area contributed by atoms with E-state index in [9.17, 15) is 4.79 Å². The molecule has 0 aliphatic carbocycles. The Kier molecular flexibility index (Phi) is 5.13. The number of carbonyl (C=O) groups is 1. The minimum absolute atomic E-state index is 0.0396. The van der Waals surface area contributed by atoms with Crippen molar-refractivity contribution < 1.29 is 19.5 Å². The molecule has 0 aliphatic rings. The van der Waals surface area contributed by atoms with E-state index in [1.807, 2.05) is 0 Å². The van der Waals surface area contributed by atoms with E-state index in [0.29, 0.717) is 12.0 Å². The van der Waals surface area contributed by atoms with Crippen molar-refractivity contribution in [1.82, 2.24) is 0 Å². The quantitative estimate of drug-likeness (QED) is 0.262. The molecule has 3 N–H and O–H groups in total. The second-order valence-electron chi connectivity index (χ2n) is 3.63. The summed E-state index contributed by atoms with van der Waals surface area (Å²) in [6.07, 6.45) is -0.232. The van der Waals surface area contributed by atoms with Crippen molar-refractivity contribution in [2.75, 3.05) is 14.2 Å². The summed E-state index contributed by atoms with van der Waals surface area (Å²) in [6, 6.07) is 6.97. The van der Waals surface area contributed by atoms with Gasteiger partial charge in [-0.05, 0) is 5.56 Å². The highest BCUT2D eigenvalue weighted by Crippen LogP contribution is 2.09. The van der Waals surface area contributed by atoms with Crippen LogP contribution in [0.25, 0.3) is 0 Å². The third-order valence-corrected chi connectivity index (χ3v) is 2.53. The van der Waals surface area contributed by atoms with Gasteiger partial charge in [0.2, 0.25) is 0 Å². The van der Waals surface area contributed by atoms with Crippen LogP contribution < -0.4 is 5.73 Å². The van der Waals surface area contributed by atoms with Gasteiger partial charge in [0.05, 0.1) is 7.11 Å². The molecule has 1 aromatic carbocycles. The molecule has 0 spiro atoms. The summed E-state index contributed by atoms with van der Waals surface area (Å²) < 4.78 is 9.66. The third-order valence-electron chi connectivity index (χ3n) is 2.53. The van der Waals surface area contributed by atoms with Crippen molar-refractivity contribution in [3.8, 4) is 0 Å². The highest BCUT2D eigenvalue weighted by molar-refractivity contribution is 5.96. The number of nitrogens with zero attached hydrogens (tertiary/aromatic N) is 1. The lowest BCUT2D eigenvalue weighted by Gasteiger charge is -2.12. The number of ether oxygens (including phenoxy) is 2. The molecule has 0 aliphatic heterocycles. The number of esters is 1. The molecule has 0 heterocycles. The van der Waals surface area contributed by atoms with Gasteiger partial charge >= 0.3 is 5.97 Å². The molecule has 0 saturated carbocycles. The van der Waals surface area contributed by atoms with Crippen molar-refractivity contribution in [2.45, 2.75) is 12.5 Å². The summed E-state index contributed by atoms with van der Waals surface area (Å²) in [5.74, 6) is -0.379. The minimum Gasteiger partial charge on any atom is -0.467 e. The maximum Gasteiger partial charge on any atom is 0.335 e. The van der Waals surface area contributed by atoms with Crippen LogP contribution in [-0.4, -0.2) is 37.3 Å². The molecule has 6 heteroatoms. The van der Waals surface area contributed by atoms with Crippen molar-refractivity contribution in [3.63, 3.8) is 0 Å². The number of nitrogens with two attached hydrogens (primary N) is 1. The molecule has 0 aromatic heterocycles. The molecule has 0 fully saturated rings. The summed E-state index contributed by atoms with van der Waals surface area (Å²) >= 11 is 0. The van der Waals surface area contributed by atoms with E-state index in [2.05, 4.69) is 9.89 Å². The number of carbonyl (C=O) groups excluding carboxylic acids is 1. The molecule has 0 bridgehead atoms. The van der Waals surface area contributed by atoms with E-state index in [-0.39, 0.29) is 5.84 Å². The summed E-state index contributed by atoms with van der Waals surface area (Å²) in [5.41, 5.74) is 6.94. The molecule has 0 radical (unpaired) electrons. The molecular weight excluding hydrogens is 236 g/mol. The standard InChI is InChI=1S/C12H16N2O4/c1-17-10(12(15)18-2)7-8-3-5-9(6-4-8)11(13)14-16/h3-6,10,16H,7H2,1-2H3,(H2,13,14). The van der Waals surface area contributed by atoms with Crippen molar-refractivity contribution in [2.24, 2.45) is 10.9 Å². The van der Waals surface area contributed by atoms with Crippen LogP contribution in [0.4, 0.5) is 0 Å². The Morgan fingerprint density at radius 1 is 1.39 bits per heavy atom. The van der Waals surface area contributed by atoms with Crippen LogP contribution >= 0.6 is 0 Å². The van der Waals surface area contributed by atoms with E-state index in [4.69, 9.17) is 15.7 Å². The average Bonchev–Trinajstić information content (AvgIpc) is 2.43. The zero-order chi connectivity index (χ0) is 13.5. The Hall–Kier alpha value is -2.08. The number of rotatable bonds is 5. The van der Waals surface area contributed by atoms with Crippen molar-refractivity contribution >= 4 is 11.8 Å². The average molecular weight is 252 g/mol. The lowest BCUT2D eigenvalue weighted by atomic mass is 10.1. The molecule has 0 saturated heterocycles. The fraction of sp³-hybridized carbons (Fsp3) is 0.333.